The van der Waals surface area contributed by atoms with Gasteiger partial charge in [-0.25, -0.2) is 9.59 Å². The summed E-state index contributed by atoms with van der Waals surface area (Å²) < 4.78 is 25.2. The summed E-state index contributed by atoms with van der Waals surface area (Å²) in [5.41, 5.74) is 1.67. The Morgan fingerprint density at radius 1 is 0.945 bits per heavy atom. The highest BCUT2D eigenvalue weighted by molar-refractivity contribution is 6.48. The molecule has 6 fully saturated rings. The van der Waals surface area contributed by atoms with Gasteiger partial charge in [0.2, 0.25) is 11.8 Å². The Morgan fingerprint density at radius 3 is 2.25 bits per heavy atom. The molecule has 55 heavy (non-hydrogen) atoms. The maximum Gasteiger partial charge on any atom is 0.481 e. The molecule has 8 atom stereocenters. The van der Waals surface area contributed by atoms with Crippen LogP contribution < -0.4 is 10.6 Å². The Labute approximate surface area is 327 Å². The average Bonchev–Trinajstić information content (AvgIpc) is 3.86. The van der Waals surface area contributed by atoms with E-state index in [-0.39, 0.29) is 48.3 Å². The highest BCUT2D eigenvalue weighted by Crippen LogP contribution is 2.65. The van der Waals surface area contributed by atoms with E-state index in [4.69, 9.17) is 18.8 Å². The number of benzene rings is 1. The van der Waals surface area contributed by atoms with Gasteiger partial charge in [0.05, 0.1) is 30.8 Å². The topological polar surface area (TPSA) is 136 Å². The van der Waals surface area contributed by atoms with Gasteiger partial charge in [0, 0.05) is 19.5 Å². The van der Waals surface area contributed by atoms with E-state index >= 15 is 0 Å². The Hall–Kier alpha value is -3.32. The summed E-state index contributed by atoms with van der Waals surface area (Å²) in [6.45, 7) is 13.9. The van der Waals surface area contributed by atoms with Crippen LogP contribution in [0.25, 0.3) is 0 Å². The van der Waals surface area contributed by atoms with Gasteiger partial charge in [0.1, 0.15) is 18.2 Å². The zero-order valence-electron chi connectivity index (χ0n) is 33.9. The number of carbonyl (C=O) groups is 4. The molecule has 3 saturated carbocycles. The number of amides is 4. The second-order valence-electron chi connectivity index (χ2n) is 19.2. The Balaban J connectivity index is 1.11. The fourth-order valence-electron chi connectivity index (χ4n) is 10.2. The van der Waals surface area contributed by atoms with Gasteiger partial charge in [-0.3, -0.25) is 14.5 Å². The number of fused-ring (bicyclic) bond motifs is 2. The lowest BCUT2D eigenvalue weighted by atomic mass is 9.43. The summed E-state index contributed by atoms with van der Waals surface area (Å²) in [6, 6.07) is 6.11. The summed E-state index contributed by atoms with van der Waals surface area (Å²) in [6.07, 6.45) is 8.27. The first kappa shape index (κ1) is 39.9. The number of rotatable bonds is 4. The average molecular weight is 763 g/mol. The van der Waals surface area contributed by atoms with Gasteiger partial charge in [-0.1, -0.05) is 104 Å². The van der Waals surface area contributed by atoms with Gasteiger partial charge in [-0.15, -0.1) is 0 Å². The number of hydrogen-bond donors (Lipinski definition) is 2. The minimum absolute atomic E-state index is 0.0264. The molecule has 13 heteroatoms. The van der Waals surface area contributed by atoms with Crippen molar-refractivity contribution in [2.45, 2.75) is 168 Å². The number of carbonyl (C=O) groups excluding carboxylic acids is 4. The first-order valence-electron chi connectivity index (χ1n) is 21.0. The van der Waals surface area contributed by atoms with E-state index in [9.17, 15) is 19.2 Å². The van der Waals surface area contributed by atoms with E-state index in [0.717, 1.165) is 68.9 Å². The molecule has 1 aromatic rings. The fourth-order valence-corrected chi connectivity index (χ4v) is 10.2. The molecule has 5 unspecified atom stereocenters. The van der Waals surface area contributed by atoms with E-state index in [1.807, 2.05) is 45.0 Å². The van der Waals surface area contributed by atoms with Crippen LogP contribution in [0, 0.1) is 22.7 Å². The second-order valence-corrected chi connectivity index (χ2v) is 19.2. The highest BCUT2D eigenvalue weighted by Gasteiger charge is 2.68. The smallest absolute Gasteiger partial charge is 0.449 e. The van der Waals surface area contributed by atoms with Crippen molar-refractivity contribution in [2.75, 3.05) is 13.2 Å². The highest BCUT2D eigenvalue weighted by atomic mass is 16.7. The normalized spacial score (nSPS) is 33.9. The molecule has 2 N–H and O–H groups in total. The number of nitrogens with one attached hydrogen (secondary N) is 2. The molecule has 3 aliphatic carbocycles. The predicted octanol–water partition coefficient (Wildman–Crippen LogP) is 6.53. The molecule has 4 heterocycles. The van der Waals surface area contributed by atoms with Crippen molar-refractivity contribution in [3.8, 4) is 0 Å². The first-order chi connectivity index (χ1) is 26.1. The molecule has 0 radical (unpaired) electrons. The number of nitrogens with zero attached hydrogens (tertiary/aromatic N) is 2. The lowest BCUT2D eigenvalue weighted by Gasteiger charge is -2.64. The minimum atomic E-state index is -0.919. The molecule has 7 aliphatic rings. The quantitative estimate of drug-likeness (QED) is 0.331. The molecule has 0 spiro atoms. The SMILES string of the molecule is CC(C)(C)COC(=O)NC1CCCCCCCCC[C@H](B2OC3CC4CC(C4(C)C)C3(C)O2)NC(=O)[C@@H]2C[C@@H](OC(=O)N3Cc4ccccc4C3)CN2C1=O. The van der Waals surface area contributed by atoms with Crippen LogP contribution in [0.2, 0.25) is 0 Å². The van der Waals surface area contributed by atoms with Crippen LogP contribution in [0.1, 0.15) is 130 Å². The monoisotopic (exact) mass is 762 g/mol. The van der Waals surface area contributed by atoms with Gasteiger partial charge in [-0.05, 0) is 66.4 Å². The maximum atomic E-state index is 14.6. The Bertz CT molecular complexity index is 1580. The largest absolute Gasteiger partial charge is 0.481 e. The van der Waals surface area contributed by atoms with Gasteiger partial charge in [-0.2, -0.15) is 0 Å². The second kappa shape index (κ2) is 15.9. The van der Waals surface area contributed by atoms with Crippen LogP contribution in [-0.2, 0) is 41.5 Å². The van der Waals surface area contributed by atoms with E-state index in [0.29, 0.717) is 37.8 Å². The Morgan fingerprint density at radius 2 is 1.60 bits per heavy atom. The molecule has 3 saturated heterocycles. The van der Waals surface area contributed by atoms with E-state index < -0.39 is 49.0 Å². The van der Waals surface area contributed by atoms with Crippen LogP contribution in [0.5, 0.6) is 0 Å². The summed E-state index contributed by atoms with van der Waals surface area (Å²) in [5.74, 6) is -0.131. The van der Waals surface area contributed by atoms with Crippen LogP contribution in [-0.4, -0.2) is 89.9 Å². The number of alkyl carbamates (subject to hydrolysis) is 1. The van der Waals surface area contributed by atoms with Crippen molar-refractivity contribution in [3.63, 3.8) is 0 Å². The standard InChI is InChI=1S/C42H63BN4O8/c1-40(2,3)26-52-38(50)44-31-18-12-10-8-7-9-11-13-19-35(43-54-34-21-29-20-33(41(29,4)5)42(34,6)55-43)45-36(48)32-22-30(25-47(32)37(31)49)53-39(51)46-23-27-16-14-15-17-28(27)24-46/h14-17,29-35H,7-13,18-26H2,1-6H3,(H,44,50)(H,45,48)/t29?,30-,31?,32+,33?,34?,35-,42?/m1/s1. The van der Waals surface area contributed by atoms with Crippen LogP contribution in [0.15, 0.2) is 24.3 Å². The van der Waals surface area contributed by atoms with Crippen molar-refractivity contribution >= 4 is 31.1 Å². The third kappa shape index (κ3) is 8.53. The zero-order chi connectivity index (χ0) is 39.1. The molecule has 8 rings (SSSR count). The predicted molar refractivity (Wildman–Crippen MR) is 207 cm³/mol. The molecule has 0 aromatic heterocycles. The molecule has 4 amide bonds. The van der Waals surface area contributed by atoms with E-state index in [2.05, 4.69) is 31.4 Å². The van der Waals surface area contributed by atoms with Gasteiger partial charge in [0.15, 0.2) is 0 Å². The van der Waals surface area contributed by atoms with Crippen molar-refractivity contribution < 1.29 is 38.0 Å². The fraction of sp³-hybridized carbons (Fsp3) is 0.762. The lowest BCUT2D eigenvalue weighted by molar-refractivity contribution is -0.199. The summed E-state index contributed by atoms with van der Waals surface area (Å²) >= 11 is 0. The Kier molecular flexibility index (Phi) is 11.5. The van der Waals surface area contributed by atoms with Crippen molar-refractivity contribution in [2.24, 2.45) is 22.7 Å². The summed E-state index contributed by atoms with van der Waals surface area (Å²) in [7, 11) is -0.601. The van der Waals surface area contributed by atoms with Gasteiger partial charge in [0.25, 0.3) is 0 Å². The number of ether oxygens (including phenoxy) is 2. The van der Waals surface area contributed by atoms with Crippen molar-refractivity contribution in [1.82, 2.24) is 20.4 Å². The lowest BCUT2D eigenvalue weighted by Crippen LogP contribution is -2.65. The molecule has 302 valence electrons. The number of hydrogen-bond acceptors (Lipinski definition) is 8. The molecular weight excluding hydrogens is 699 g/mol. The van der Waals surface area contributed by atoms with Crippen LogP contribution in [0.4, 0.5) is 9.59 Å². The summed E-state index contributed by atoms with van der Waals surface area (Å²) in [4.78, 5) is 58.9. The summed E-state index contributed by atoms with van der Waals surface area (Å²) in [5, 5.41) is 6.14. The molecule has 12 nitrogen and oxygen atoms in total. The van der Waals surface area contributed by atoms with Gasteiger partial charge >= 0.3 is 19.3 Å². The van der Waals surface area contributed by atoms with Crippen LogP contribution >= 0.6 is 0 Å². The van der Waals surface area contributed by atoms with Crippen LogP contribution in [0.3, 0.4) is 0 Å². The zero-order valence-corrected chi connectivity index (χ0v) is 33.9. The van der Waals surface area contributed by atoms with Crippen molar-refractivity contribution in [3.05, 3.63) is 35.4 Å². The van der Waals surface area contributed by atoms with E-state index in [1.54, 1.807) is 4.90 Å². The third-order valence-electron chi connectivity index (χ3n) is 13.6. The van der Waals surface area contributed by atoms with E-state index in [1.165, 1.54) is 4.90 Å². The first-order valence-corrected chi connectivity index (χ1v) is 21.0. The third-order valence-corrected chi connectivity index (χ3v) is 13.6. The minimum Gasteiger partial charge on any atom is -0.449 e. The van der Waals surface area contributed by atoms with Crippen molar-refractivity contribution in [1.29, 1.82) is 0 Å². The molecular formula is C42H63BN4O8. The molecule has 1 aromatic carbocycles. The maximum absolute atomic E-state index is 14.6. The molecule has 4 aliphatic heterocycles. The molecule has 2 bridgehead atoms. The van der Waals surface area contributed by atoms with Gasteiger partial charge < -0.3 is 34.3 Å².